The van der Waals surface area contributed by atoms with Gasteiger partial charge in [0.15, 0.2) is 0 Å². The van der Waals surface area contributed by atoms with Gasteiger partial charge in [-0.1, -0.05) is 0 Å². The van der Waals surface area contributed by atoms with E-state index in [2.05, 4.69) is 16.9 Å². The van der Waals surface area contributed by atoms with Crippen molar-refractivity contribution in [3.05, 3.63) is 0 Å². The summed E-state index contributed by atoms with van der Waals surface area (Å²) in [6.45, 7) is 0. The Balaban J connectivity index is 2.07. The molecule has 2 rings (SSSR count). The Morgan fingerprint density at radius 3 is 2.42 bits per heavy atom. The first-order valence-electron chi connectivity index (χ1n) is 4.60. The lowest BCUT2D eigenvalue weighted by molar-refractivity contribution is 0.163. The maximum Gasteiger partial charge on any atom is 0.235 e. The first-order chi connectivity index (χ1) is 5.81. The molecule has 2 bridgehead atoms. The topological polar surface area (TPSA) is 32.7 Å². The van der Waals surface area contributed by atoms with Crippen LogP contribution in [-0.4, -0.2) is 36.2 Å². The molecule has 3 atom stereocenters. The summed E-state index contributed by atoms with van der Waals surface area (Å²) < 4.78 is 0. The second kappa shape index (κ2) is 3.00. The van der Waals surface area contributed by atoms with Crippen LogP contribution < -0.4 is 0 Å². The minimum atomic E-state index is 0.260. The highest BCUT2D eigenvalue weighted by Gasteiger charge is 2.38. The summed E-state index contributed by atoms with van der Waals surface area (Å²) in [7, 11) is 2.18. The fraction of sp³-hybridized carbons (Fsp3) is 0.889. The average molecular weight is 166 g/mol. The van der Waals surface area contributed by atoms with Gasteiger partial charge in [0.05, 0.1) is 6.04 Å². The molecule has 0 amide bonds. The number of nitrogens with zero attached hydrogens (tertiary/aromatic N) is 2. The fourth-order valence-electron chi connectivity index (χ4n) is 2.56. The van der Waals surface area contributed by atoms with Gasteiger partial charge in [0, 0.05) is 12.1 Å². The summed E-state index contributed by atoms with van der Waals surface area (Å²) in [4.78, 5) is 16.4. The van der Waals surface area contributed by atoms with E-state index in [9.17, 15) is 4.79 Å². The molecule has 0 aromatic rings. The summed E-state index contributed by atoms with van der Waals surface area (Å²) >= 11 is 0. The molecule has 3 heteroatoms. The highest BCUT2D eigenvalue weighted by molar-refractivity contribution is 5.33. The van der Waals surface area contributed by atoms with Crippen LogP contribution in [0.25, 0.3) is 0 Å². The molecule has 0 aliphatic carbocycles. The van der Waals surface area contributed by atoms with Crippen molar-refractivity contribution in [2.24, 2.45) is 4.99 Å². The van der Waals surface area contributed by atoms with Gasteiger partial charge in [-0.25, -0.2) is 9.79 Å². The van der Waals surface area contributed by atoms with Gasteiger partial charge in [0.1, 0.15) is 0 Å². The van der Waals surface area contributed by atoms with Crippen LogP contribution >= 0.6 is 0 Å². The Kier molecular flexibility index (Phi) is 1.99. The molecule has 0 unspecified atom stereocenters. The zero-order chi connectivity index (χ0) is 8.55. The van der Waals surface area contributed by atoms with E-state index in [1.165, 1.54) is 12.8 Å². The summed E-state index contributed by atoms with van der Waals surface area (Å²) in [5.74, 6) is 0. The normalized spacial score (nSPS) is 40.9. The van der Waals surface area contributed by atoms with Crippen LogP contribution in [0.1, 0.15) is 25.7 Å². The minimum Gasteiger partial charge on any atom is -0.300 e. The van der Waals surface area contributed by atoms with Crippen LogP contribution in [-0.2, 0) is 4.79 Å². The highest BCUT2D eigenvalue weighted by Crippen LogP contribution is 2.35. The van der Waals surface area contributed by atoms with Crippen molar-refractivity contribution in [3.8, 4) is 0 Å². The smallest absolute Gasteiger partial charge is 0.235 e. The van der Waals surface area contributed by atoms with Crippen molar-refractivity contribution in [1.29, 1.82) is 0 Å². The van der Waals surface area contributed by atoms with E-state index in [4.69, 9.17) is 0 Å². The Morgan fingerprint density at radius 1 is 1.33 bits per heavy atom. The molecule has 2 saturated heterocycles. The number of piperidine rings is 1. The molecule has 0 aromatic heterocycles. The van der Waals surface area contributed by atoms with Crippen molar-refractivity contribution in [1.82, 2.24) is 4.90 Å². The Bertz CT molecular complexity index is 209. The third kappa shape index (κ3) is 1.19. The molecule has 2 aliphatic rings. The molecule has 2 fully saturated rings. The Morgan fingerprint density at radius 2 is 1.92 bits per heavy atom. The van der Waals surface area contributed by atoms with E-state index in [-0.39, 0.29) is 6.04 Å². The molecule has 0 spiro atoms. The van der Waals surface area contributed by atoms with Gasteiger partial charge in [-0.3, -0.25) is 0 Å². The Hall–Kier alpha value is -0.660. The standard InChI is InChI=1S/C9H14N2O/c1-11-8-2-3-9(11)5-7(4-8)10-6-12/h7-9H,2-5H2,1H3/t7-,8+,9-. The lowest BCUT2D eigenvalue weighted by Gasteiger charge is -2.33. The van der Waals surface area contributed by atoms with Crippen LogP contribution in [0.2, 0.25) is 0 Å². The molecule has 66 valence electrons. The summed E-state index contributed by atoms with van der Waals surface area (Å²) in [5, 5.41) is 0. The van der Waals surface area contributed by atoms with Crippen LogP contribution in [0.5, 0.6) is 0 Å². The third-order valence-electron chi connectivity index (χ3n) is 3.31. The number of hydrogen-bond acceptors (Lipinski definition) is 3. The van der Waals surface area contributed by atoms with Gasteiger partial charge in [-0.05, 0) is 32.7 Å². The molecule has 12 heavy (non-hydrogen) atoms. The number of carbonyl (C=O) groups excluding carboxylic acids is 1. The van der Waals surface area contributed by atoms with E-state index in [0.29, 0.717) is 12.1 Å². The fourth-order valence-corrected chi connectivity index (χ4v) is 2.56. The third-order valence-corrected chi connectivity index (χ3v) is 3.31. The van der Waals surface area contributed by atoms with Crippen LogP contribution in [0, 0.1) is 0 Å². The zero-order valence-corrected chi connectivity index (χ0v) is 7.36. The minimum absolute atomic E-state index is 0.260. The van der Waals surface area contributed by atoms with E-state index in [1.807, 2.05) is 0 Å². The van der Waals surface area contributed by atoms with Crippen LogP contribution in [0.3, 0.4) is 0 Å². The van der Waals surface area contributed by atoms with E-state index < -0.39 is 0 Å². The maximum absolute atomic E-state index is 10.1. The van der Waals surface area contributed by atoms with Crippen LogP contribution in [0.15, 0.2) is 4.99 Å². The van der Waals surface area contributed by atoms with Gasteiger partial charge >= 0.3 is 0 Å². The van der Waals surface area contributed by atoms with E-state index >= 15 is 0 Å². The van der Waals surface area contributed by atoms with Gasteiger partial charge in [0.25, 0.3) is 0 Å². The van der Waals surface area contributed by atoms with Gasteiger partial charge in [-0.15, -0.1) is 0 Å². The highest BCUT2D eigenvalue weighted by atomic mass is 16.1. The van der Waals surface area contributed by atoms with Gasteiger partial charge < -0.3 is 4.90 Å². The first-order valence-corrected chi connectivity index (χ1v) is 4.60. The maximum atomic E-state index is 10.1. The molecule has 0 saturated carbocycles. The second-order valence-electron chi connectivity index (χ2n) is 3.90. The predicted molar refractivity (Wildman–Crippen MR) is 45.7 cm³/mol. The lowest BCUT2D eigenvalue weighted by atomic mass is 9.99. The Labute approximate surface area is 72.5 Å². The summed E-state index contributed by atoms with van der Waals surface area (Å²) in [6, 6.07) is 1.60. The van der Waals surface area contributed by atoms with Crippen molar-refractivity contribution < 1.29 is 4.79 Å². The first kappa shape index (κ1) is 7.96. The largest absolute Gasteiger partial charge is 0.300 e. The second-order valence-corrected chi connectivity index (χ2v) is 3.90. The molecular formula is C9H14N2O. The monoisotopic (exact) mass is 166 g/mol. The molecular weight excluding hydrogens is 152 g/mol. The van der Waals surface area contributed by atoms with Gasteiger partial charge in [-0.2, -0.15) is 0 Å². The van der Waals surface area contributed by atoms with Gasteiger partial charge in [0.2, 0.25) is 6.08 Å². The number of rotatable bonds is 1. The van der Waals surface area contributed by atoms with Crippen molar-refractivity contribution in [2.75, 3.05) is 7.05 Å². The number of fused-ring (bicyclic) bond motifs is 2. The molecule has 3 nitrogen and oxygen atoms in total. The molecule has 2 heterocycles. The van der Waals surface area contributed by atoms with E-state index in [1.54, 1.807) is 6.08 Å². The number of hydrogen-bond donors (Lipinski definition) is 0. The zero-order valence-electron chi connectivity index (χ0n) is 7.36. The van der Waals surface area contributed by atoms with Crippen molar-refractivity contribution >= 4 is 6.08 Å². The van der Waals surface area contributed by atoms with Crippen molar-refractivity contribution in [2.45, 2.75) is 43.8 Å². The molecule has 0 radical (unpaired) electrons. The molecule has 0 N–H and O–H groups in total. The molecule has 2 aliphatic heterocycles. The summed E-state index contributed by atoms with van der Waals surface area (Å²) in [5.41, 5.74) is 0. The van der Waals surface area contributed by atoms with E-state index in [0.717, 1.165) is 12.8 Å². The SMILES string of the molecule is CN1[C@@H]2CC[C@H]1C[C@@H](N=C=O)C2. The average Bonchev–Trinajstić information content (AvgIpc) is 2.33. The van der Waals surface area contributed by atoms with Crippen molar-refractivity contribution in [3.63, 3.8) is 0 Å². The lowest BCUT2D eigenvalue weighted by Crippen LogP contribution is -2.41. The molecule has 0 aromatic carbocycles. The summed E-state index contributed by atoms with van der Waals surface area (Å²) in [6.07, 6.45) is 6.36. The van der Waals surface area contributed by atoms with Crippen LogP contribution in [0.4, 0.5) is 0 Å². The predicted octanol–water partition coefficient (Wildman–Crippen LogP) is 0.947. The number of aliphatic imine (C=N–C) groups is 1. The number of isocyanates is 1. The quantitative estimate of drug-likeness (QED) is 0.429.